The summed E-state index contributed by atoms with van der Waals surface area (Å²) in [6.07, 6.45) is 0. The maximum Gasteiger partial charge on any atom is 0.322 e. The van der Waals surface area contributed by atoms with Crippen LogP contribution in [0.3, 0.4) is 0 Å². The molecule has 0 saturated carbocycles. The van der Waals surface area contributed by atoms with E-state index < -0.39 is 42.5 Å². The Morgan fingerprint density at radius 1 is 1.13 bits per heavy atom. The molecule has 0 aliphatic rings. The zero-order chi connectivity index (χ0) is 18.0. The molecule has 0 aliphatic heterocycles. The van der Waals surface area contributed by atoms with E-state index in [0.717, 1.165) is 11.8 Å². The lowest BCUT2D eigenvalue weighted by Crippen LogP contribution is -2.54. The normalized spacial score (nSPS) is 12.6. The standard InChI is InChI=1S/C11H18N4O7S/c1-5(16)23-4-7(9(19)13-3-8(17)18)15-11(22)14-2-6(12)10(20)21/h6-7H,2-4,12H2,1H3,(H,13,19)(H,17,18)(H,20,21)(H2,14,15,22)/t6-,7-/m0/s1. The van der Waals surface area contributed by atoms with Crippen LogP contribution in [0.25, 0.3) is 0 Å². The largest absolute Gasteiger partial charge is 0.480 e. The van der Waals surface area contributed by atoms with Gasteiger partial charge in [-0.2, -0.15) is 0 Å². The first-order chi connectivity index (χ1) is 10.6. The molecule has 0 aromatic rings. The lowest BCUT2D eigenvalue weighted by Gasteiger charge is -2.18. The van der Waals surface area contributed by atoms with Crippen molar-refractivity contribution in [3.8, 4) is 0 Å². The van der Waals surface area contributed by atoms with E-state index in [1.54, 1.807) is 0 Å². The Balaban J connectivity index is 4.57. The number of aliphatic carboxylic acids is 2. The van der Waals surface area contributed by atoms with Crippen LogP contribution in [0.15, 0.2) is 0 Å². The van der Waals surface area contributed by atoms with E-state index in [9.17, 15) is 24.0 Å². The molecule has 0 rings (SSSR count). The molecule has 3 amide bonds. The Morgan fingerprint density at radius 3 is 2.22 bits per heavy atom. The van der Waals surface area contributed by atoms with Crippen molar-refractivity contribution < 1.29 is 34.2 Å². The highest BCUT2D eigenvalue weighted by Crippen LogP contribution is 2.04. The van der Waals surface area contributed by atoms with Crippen LogP contribution in [-0.4, -0.2) is 70.1 Å². The number of nitrogens with two attached hydrogens (primary N) is 1. The average Bonchev–Trinajstić information content (AvgIpc) is 2.45. The van der Waals surface area contributed by atoms with Crippen LogP contribution in [0.4, 0.5) is 4.79 Å². The minimum absolute atomic E-state index is 0.112. The Bertz CT molecular complexity index is 485. The minimum Gasteiger partial charge on any atom is -0.480 e. The molecule has 0 bridgehead atoms. The Labute approximate surface area is 135 Å². The lowest BCUT2D eigenvalue weighted by molar-refractivity contribution is -0.138. The zero-order valence-electron chi connectivity index (χ0n) is 12.2. The average molecular weight is 350 g/mol. The number of thioether (sulfide) groups is 1. The van der Waals surface area contributed by atoms with E-state index in [1.165, 1.54) is 6.92 Å². The van der Waals surface area contributed by atoms with Gasteiger partial charge in [0, 0.05) is 19.2 Å². The minimum atomic E-state index is -1.31. The monoisotopic (exact) mass is 350 g/mol. The fourth-order valence-corrected chi connectivity index (χ4v) is 1.80. The molecular formula is C11H18N4O7S. The molecule has 0 unspecified atom stereocenters. The van der Waals surface area contributed by atoms with Crippen molar-refractivity contribution in [2.75, 3.05) is 18.8 Å². The van der Waals surface area contributed by atoms with E-state index in [2.05, 4.69) is 16.0 Å². The Hall–Kier alpha value is -2.34. The molecule has 23 heavy (non-hydrogen) atoms. The van der Waals surface area contributed by atoms with Gasteiger partial charge in [0.15, 0.2) is 5.12 Å². The summed E-state index contributed by atoms with van der Waals surface area (Å²) in [5, 5.41) is 23.2. The first-order valence-corrected chi connectivity index (χ1v) is 7.27. The summed E-state index contributed by atoms with van der Waals surface area (Å²) in [5.41, 5.74) is 5.20. The van der Waals surface area contributed by atoms with Gasteiger partial charge in [-0.3, -0.25) is 19.2 Å². The molecule has 7 N–H and O–H groups in total. The molecule has 0 radical (unpaired) electrons. The van der Waals surface area contributed by atoms with Crippen LogP contribution in [0.1, 0.15) is 6.92 Å². The van der Waals surface area contributed by atoms with Gasteiger partial charge in [0.05, 0.1) is 0 Å². The molecule has 0 aromatic carbocycles. The molecule has 0 spiro atoms. The molecule has 12 heteroatoms. The summed E-state index contributed by atoms with van der Waals surface area (Å²) in [4.78, 5) is 55.3. The third-order valence-electron chi connectivity index (χ3n) is 2.29. The van der Waals surface area contributed by atoms with Gasteiger partial charge in [0.25, 0.3) is 0 Å². The summed E-state index contributed by atoms with van der Waals surface area (Å²) in [6, 6.07) is -3.36. The van der Waals surface area contributed by atoms with E-state index in [4.69, 9.17) is 15.9 Å². The molecule has 130 valence electrons. The number of hydrogen-bond donors (Lipinski definition) is 6. The molecule has 0 aromatic heterocycles. The van der Waals surface area contributed by atoms with E-state index >= 15 is 0 Å². The second-order valence-electron chi connectivity index (χ2n) is 4.27. The lowest BCUT2D eigenvalue weighted by atomic mass is 10.3. The topological polar surface area (TPSA) is 188 Å². The van der Waals surface area contributed by atoms with Crippen LogP contribution < -0.4 is 21.7 Å². The SMILES string of the molecule is CC(=O)SC[C@H](NC(=O)NC[C@H](N)C(=O)O)C(=O)NCC(=O)O. The van der Waals surface area contributed by atoms with Gasteiger partial charge in [-0.15, -0.1) is 0 Å². The predicted octanol–water partition coefficient (Wildman–Crippen LogP) is -2.45. The number of amides is 3. The summed E-state index contributed by atoms with van der Waals surface area (Å²) < 4.78 is 0. The quantitative estimate of drug-likeness (QED) is 0.262. The van der Waals surface area contributed by atoms with Crippen molar-refractivity contribution in [3.05, 3.63) is 0 Å². The third-order valence-corrected chi connectivity index (χ3v) is 3.20. The number of rotatable bonds is 9. The maximum atomic E-state index is 11.8. The maximum absolute atomic E-state index is 11.8. The fourth-order valence-electron chi connectivity index (χ4n) is 1.17. The summed E-state index contributed by atoms with van der Waals surface area (Å²) >= 11 is 0.765. The van der Waals surface area contributed by atoms with Gasteiger partial charge in [-0.1, -0.05) is 11.8 Å². The van der Waals surface area contributed by atoms with Gasteiger partial charge in [-0.05, 0) is 0 Å². The van der Waals surface area contributed by atoms with E-state index in [-0.39, 0.29) is 17.4 Å². The van der Waals surface area contributed by atoms with Crippen molar-refractivity contribution in [1.29, 1.82) is 0 Å². The van der Waals surface area contributed by atoms with Crippen molar-refractivity contribution in [2.45, 2.75) is 19.0 Å². The smallest absolute Gasteiger partial charge is 0.322 e. The number of carbonyl (C=O) groups is 5. The third kappa shape index (κ3) is 10.1. The van der Waals surface area contributed by atoms with Crippen molar-refractivity contribution >= 4 is 40.8 Å². The number of carboxylic acids is 2. The molecule has 0 saturated heterocycles. The Morgan fingerprint density at radius 2 is 1.74 bits per heavy atom. The zero-order valence-corrected chi connectivity index (χ0v) is 13.0. The van der Waals surface area contributed by atoms with Crippen LogP contribution in [-0.2, 0) is 19.2 Å². The predicted molar refractivity (Wildman–Crippen MR) is 79.7 cm³/mol. The number of carbonyl (C=O) groups excluding carboxylic acids is 3. The molecular weight excluding hydrogens is 332 g/mol. The van der Waals surface area contributed by atoms with Crippen molar-refractivity contribution in [3.63, 3.8) is 0 Å². The Kier molecular flexibility index (Phi) is 9.34. The van der Waals surface area contributed by atoms with Gasteiger partial charge in [0.1, 0.15) is 18.6 Å². The first kappa shape index (κ1) is 20.7. The van der Waals surface area contributed by atoms with Crippen molar-refractivity contribution in [1.82, 2.24) is 16.0 Å². The highest BCUT2D eigenvalue weighted by atomic mass is 32.2. The number of hydrogen-bond acceptors (Lipinski definition) is 7. The first-order valence-electron chi connectivity index (χ1n) is 6.29. The van der Waals surface area contributed by atoms with Gasteiger partial charge >= 0.3 is 18.0 Å². The van der Waals surface area contributed by atoms with Gasteiger partial charge in [0.2, 0.25) is 5.91 Å². The molecule has 0 aliphatic carbocycles. The van der Waals surface area contributed by atoms with Gasteiger partial charge < -0.3 is 31.9 Å². The van der Waals surface area contributed by atoms with Crippen LogP contribution in [0.5, 0.6) is 0 Å². The highest BCUT2D eigenvalue weighted by Gasteiger charge is 2.22. The van der Waals surface area contributed by atoms with Crippen LogP contribution in [0.2, 0.25) is 0 Å². The molecule has 11 nitrogen and oxygen atoms in total. The highest BCUT2D eigenvalue weighted by molar-refractivity contribution is 8.13. The van der Waals surface area contributed by atoms with Crippen LogP contribution in [0, 0.1) is 0 Å². The molecule has 0 heterocycles. The molecule has 0 fully saturated rings. The molecule has 2 atom stereocenters. The fraction of sp³-hybridized carbons (Fsp3) is 0.545. The summed E-state index contributed by atoms with van der Waals surface area (Å²) in [5.74, 6) is -3.49. The van der Waals surface area contributed by atoms with E-state index in [0.29, 0.717) is 0 Å². The van der Waals surface area contributed by atoms with Gasteiger partial charge in [-0.25, -0.2) is 4.79 Å². The number of urea groups is 1. The number of carboxylic acid groups (broad SMARTS) is 2. The van der Waals surface area contributed by atoms with Crippen LogP contribution >= 0.6 is 11.8 Å². The second-order valence-corrected chi connectivity index (χ2v) is 5.46. The number of nitrogens with one attached hydrogen (secondary N) is 3. The summed E-state index contributed by atoms with van der Waals surface area (Å²) in [6.45, 7) is 0.251. The second kappa shape index (κ2) is 10.4. The van der Waals surface area contributed by atoms with Crippen molar-refractivity contribution in [2.24, 2.45) is 5.73 Å². The van der Waals surface area contributed by atoms with E-state index in [1.807, 2.05) is 0 Å². The summed E-state index contributed by atoms with van der Waals surface area (Å²) in [7, 11) is 0.